The van der Waals surface area contributed by atoms with Gasteiger partial charge in [-0.05, 0) is 49.2 Å². The van der Waals surface area contributed by atoms with Gasteiger partial charge in [0.2, 0.25) is 11.8 Å². The van der Waals surface area contributed by atoms with Gasteiger partial charge in [0, 0.05) is 20.0 Å². The van der Waals surface area contributed by atoms with Crippen LogP contribution >= 0.6 is 0 Å². The number of benzene rings is 4. The smallest absolute Gasteiger partial charge is 0.264 e. The first kappa shape index (κ1) is 29.6. The molecule has 0 heterocycles. The molecule has 4 rings (SSSR count). The minimum absolute atomic E-state index is 0.0805. The molecule has 0 radical (unpaired) electrons. The third-order valence-electron chi connectivity index (χ3n) is 6.92. The lowest BCUT2D eigenvalue weighted by Crippen LogP contribution is -2.53. The number of carbonyl (C=O) groups excluding carboxylic acids is 2. The number of hydrogen-bond acceptors (Lipinski definition) is 4. The summed E-state index contributed by atoms with van der Waals surface area (Å²) in [6, 6.07) is 31.4. The maximum Gasteiger partial charge on any atom is 0.264 e. The Kier molecular flexibility index (Phi) is 9.57. The second kappa shape index (κ2) is 13.3. The molecule has 0 saturated carbocycles. The minimum atomic E-state index is -4.10. The molecule has 41 heavy (non-hydrogen) atoms. The molecule has 212 valence electrons. The van der Waals surface area contributed by atoms with E-state index in [0.29, 0.717) is 5.69 Å². The molecule has 0 aliphatic heterocycles. The molecule has 0 fully saturated rings. The monoisotopic (exact) mass is 569 g/mol. The Labute approximate surface area is 242 Å². The van der Waals surface area contributed by atoms with E-state index < -0.39 is 28.5 Å². The predicted molar refractivity (Wildman–Crippen MR) is 162 cm³/mol. The van der Waals surface area contributed by atoms with Gasteiger partial charge >= 0.3 is 0 Å². The van der Waals surface area contributed by atoms with Crippen LogP contribution in [0.4, 0.5) is 5.69 Å². The van der Waals surface area contributed by atoms with Crippen LogP contribution in [-0.4, -0.2) is 44.8 Å². The van der Waals surface area contributed by atoms with Gasteiger partial charge in [0.25, 0.3) is 10.0 Å². The summed E-state index contributed by atoms with van der Waals surface area (Å²) in [6.45, 7) is 3.51. The normalized spacial score (nSPS) is 11.9. The largest absolute Gasteiger partial charge is 0.357 e. The number of nitrogens with zero attached hydrogens (tertiary/aromatic N) is 2. The van der Waals surface area contributed by atoms with Gasteiger partial charge in [-0.25, -0.2) is 8.42 Å². The first-order valence-corrected chi connectivity index (χ1v) is 14.9. The van der Waals surface area contributed by atoms with Gasteiger partial charge in [0.05, 0.1) is 10.6 Å². The van der Waals surface area contributed by atoms with Gasteiger partial charge in [0.1, 0.15) is 12.6 Å². The van der Waals surface area contributed by atoms with Crippen molar-refractivity contribution < 1.29 is 18.0 Å². The number of sulfonamides is 1. The summed E-state index contributed by atoms with van der Waals surface area (Å²) in [6.07, 6.45) is 0.272. The summed E-state index contributed by atoms with van der Waals surface area (Å²) < 4.78 is 29.0. The number of aryl methyl sites for hydroxylation is 2. The average Bonchev–Trinajstić information content (AvgIpc) is 2.99. The van der Waals surface area contributed by atoms with Crippen LogP contribution in [0, 0.1) is 13.8 Å². The molecule has 7 nitrogen and oxygen atoms in total. The van der Waals surface area contributed by atoms with Crippen LogP contribution in [0.15, 0.2) is 114 Å². The van der Waals surface area contributed by atoms with Gasteiger partial charge < -0.3 is 10.2 Å². The molecular formula is C33H35N3O4S. The van der Waals surface area contributed by atoms with Gasteiger partial charge in [-0.15, -0.1) is 0 Å². The number of hydrogen-bond donors (Lipinski definition) is 1. The third kappa shape index (κ3) is 7.41. The highest BCUT2D eigenvalue weighted by atomic mass is 32.2. The quantitative estimate of drug-likeness (QED) is 0.279. The van der Waals surface area contributed by atoms with E-state index in [4.69, 9.17) is 0 Å². The van der Waals surface area contributed by atoms with Crippen molar-refractivity contribution in [3.8, 4) is 0 Å². The Morgan fingerprint density at radius 3 is 1.83 bits per heavy atom. The van der Waals surface area contributed by atoms with Gasteiger partial charge in [-0.1, -0.05) is 96.1 Å². The Hall–Kier alpha value is -4.43. The number of para-hydroxylation sites is 1. The Morgan fingerprint density at radius 2 is 1.27 bits per heavy atom. The van der Waals surface area contributed by atoms with Crippen molar-refractivity contribution in [2.24, 2.45) is 0 Å². The fourth-order valence-corrected chi connectivity index (χ4v) is 5.99. The number of likely N-dealkylation sites (N-methyl/N-ethyl adjacent to an activating group) is 1. The van der Waals surface area contributed by atoms with E-state index in [0.717, 1.165) is 26.6 Å². The summed E-state index contributed by atoms with van der Waals surface area (Å²) in [5.41, 5.74) is 4.06. The molecule has 0 aliphatic carbocycles. The van der Waals surface area contributed by atoms with E-state index >= 15 is 0 Å². The zero-order valence-corrected chi connectivity index (χ0v) is 24.3. The van der Waals surface area contributed by atoms with E-state index in [1.807, 2.05) is 68.4 Å². The van der Waals surface area contributed by atoms with Gasteiger partial charge in [0.15, 0.2) is 0 Å². The topological polar surface area (TPSA) is 86.8 Å². The lowest BCUT2D eigenvalue weighted by molar-refractivity contribution is -0.139. The van der Waals surface area contributed by atoms with Crippen molar-refractivity contribution in [2.75, 3.05) is 17.9 Å². The summed E-state index contributed by atoms with van der Waals surface area (Å²) in [4.78, 5) is 29.1. The van der Waals surface area contributed by atoms with E-state index in [1.54, 1.807) is 42.5 Å². The minimum Gasteiger partial charge on any atom is -0.357 e. The van der Waals surface area contributed by atoms with Crippen LogP contribution < -0.4 is 9.62 Å². The van der Waals surface area contributed by atoms with Crippen molar-refractivity contribution in [1.82, 2.24) is 10.2 Å². The molecule has 8 heteroatoms. The lowest BCUT2D eigenvalue weighted by atomic mass is 10.0. The van der Waals surface area contributed by atoms with Gasteiger partial charge in [-0.3, -0.25) is 13.9 Å². The van der Waals surface area contributed by atoms with E-state index in [-0.39, 0.29) is 23.8 Å². The van der Waals surface area contributed by atoms with Gasteiger partial charge in [-0.2, -0.15) is 0 Å². The highest BCUT2D eigenvalue weighted by Gasteiger charge is 2.34. The summed E-state index contributed by atoms with van der Waals surface area (Å²) >= 11 is 0. The highest BCUT2D eigenvalue weighted by molar-refractivity contribution is 7.92. The molecule has 1 atom stereocenters. The fraction of sp³-hybridized carbons (Fsp3) is 0.212. The maximum absolute atomic E-state index is 14.2. The zero-order valence-electron chi connectivity index (χ0n) is 23.5. The van der Waals surface area contributed by atoms with E-state index in [2.05, 4.69) is 5.32 Å². The van der Waals surface area contributed by atoms with Crippen LogP contribution in [-0.2, 0) is 32.6 Å². The molecule has 1 unspecified atom stereocenters. The van der Waals surface area contributed by atoms with Crippen molar-refractivity contribution >= 4 is 27.5 Å². The Bertz CT molecular complexity index is 1560. The average molecular weight is 570 g/mol. The molecule has 2 amide bonds. The van der Waals surface area contributed by atoms with Crippen LogP contribution in [0.25, 0.3) is 0 Å². The molecule has 4 aromatic rings. The molecule has 0 aliphatic rings. The van der Waals surface area contributed by atoms with Crippen molar-refractivity contribution in [3.05, 3.63) is 131 Å². The van der Waals surface area contributed by atoms with Crippen molar-refractivity contribution in [1.29, 1.82) is 0 Å². The van der Waals surface area contributed by atoms with Crippen molar-refractivity contribution in [3.63, 3.8) is 0 Å². The summed E-state index contributed by atoms with van der Waals surface area (Å²) in [5, 5.41) is 2.70. The predicted octanol–water partition coefficient (Wildman–Crippen LogP) is 4.88. The summed E-state index contributed by atoms with van der Waals surface area (Å²) in [5.74, 6) is -0.823. The molecule has 4 aromatic carbocycles. The number of amides is 2. The van der Waals surface area contributed by atoms with Crippen LogP contribution in [0.2, 0.25) is 0 Å². The second-order valence-corrected chi connectivity index (χ2v) is 11.8. The van der Waals surface area contributed by atoms with E-state index in [9.17, 15) is 18.0 Å². The number of anilines is 1. The maximum atomic E-state index is 14.2. The lowest BCUT2D eigenvalue weighted by Gasteiger charge is -2.33. The number of nitrogens with one attached hydrogen (secondary N) is 1. The third-order valence-corrected chi connectivity index (χ3v) is 8.71. The summed E-state index contributed by atoms with van der Waals surface area (Å²) in [7, 11) is -2.57. The van der Waals surface area contributed by atoms with E-state index in [1.165, 1.54) is 24.1 Å². The Morgan fingerprint density at radius 1 is 0.732 bits per heavy atom. The molecular weight excluding hydrogens is 534 g/mol. The Balaban J connectivity index is 1.76. The van der Waals surface area contributed by atoms with Crippen LogP contribution in [0.1, 0.15) is 22.3 Å². The molecule has 0 spiro atoms. The zero-order chi connectivity index (χ0) is 29.4. The first-order valence-electron chi connectivity index (χ1n) is 13.4. The second-order valence-electron chi connectivity index (χ2n) is 9.99. The molecule has 0 saturated heterocycles. The van der Waals surface area contributed by atoms with Crippen LogP contribution in [0.5, 0.6) is 0 Å². The SMILES string of the molecule is CNC(=O)C(Cc1ccccc1)N(Cc1ccc(C)cc1)C(=O)CN(c1ccccc1)S(=O)(=O)c1ccc(C)cc1. The molecule has 0 aromatic heterocycles. The number of rotatable bonds is 11. The van der Waals surface area contributed by atoms with Crippen molar-refractivity contribution in [2.45, 2.75) is 37.8 Å². The molecule has 1 N–H and O–H groups in total. The first-order chi connectivity index (χ1) is 19.7. The standard InChI is InChI=1S/C33H35N3O4S/c1-25-14-18-28(19-15-25)23-35(31(33(38)34-3)22-27-10-6-4-7-11-27)32(37)24-36(29-12-8-5-9-13-29)41(39,40)30-20-16-26(2)17-21-30/h4-21,31H,22-24H2,1-3H3,(H,34,38). The number of carbonyl (C=O) groups is 2. The fourth-order valence-electron chi connectivity index (χ4n) is 4.57. The molecule has 0 bridgehead atoms. The van der Waals surface area contributed by atoms with Crippen LogP contribution in [0.3, 0.4) is 0 Å². The highest BCUT2D eigenvalue weighted by Crippen LogP contribution is 2.25.